The van der Waals surface area contributed by atoms with Crippen molar-refractivity contribution in [1.82, 2.24) is 0 Å². The zero-order chi connectivity index (χ0) is 47.1. The van der Waals surface area contributed by atoms with Crippen LogP contribution in [0.3, 0.4) is 0 Å². The van der Waals surface area contributed by atoms with E-state index in [4.69, 9.17) is 33.2 Å². The van der Waals surface area contributed by atoms with E-state index in [2.05, 4.69) is 20.8 Å². The minimum atomic E-state index is -1.78. The summed E-state index contributed by atoms with van der Waals surface area (Å²) >= 11 is 0. The third kappa shape index (κ3) is 8.89. The molecule has 0 aromatic heterocycles. The fraction of sp³-hybridized carbons (Fsp3) is 1.00. The second-order valence-electron chi connectivity index (χ2n) is 21.6. The lowest BCUT2D eigenvalue weighted by Gasteiger charge is -2.62. The average Bonchev–Trinajstić information content (AvgIpc) is 3.94. The molecule has 20 nitrogen and oxygen atoms in total. The summed E-state index contributed by atoms with van der Waals surface area (Å²) in [5.41, 5.74) is -0.285. The van der Waals surface area contributed by atoms with Gasteiger partial charge in [-0.1, -0.05) is 27.7 Å². The van der Waals surface area contributed by atoms with Crippen LogP contribution in [0.15, 0.2) is 0 Å². The van der Waals surface area contributed by atoms with Crippen molar-refractivity contribution in [2.75, 3.05) is 26.4 Å². The SMILES string of the molecule is CC1C2C(CC3C4CCC5C[C@@H](O[C@@H]6O[C@@H](C(O)CO)[C@H](O)[C@H]6O[C@@H]6O[C@H](CO)[C@@H](O)[C@H](O)[C@H]6O)[C@@H](O)CC5(C)C4CCC32C)OC1(O)CC[C@H](C)CO[C@@H]1O[C@H](C(O)CO)[C@H](O)[C@H]1O. The van der Waals surface area contributed by atoms with Crippen molar-refractivity contribution in [2.45, 2.75) is 202 Å². The van der Waals surface area contributed by atoms with Crippen molar-refractivity contribution in [3.05, 3.63) is 0 Å². The summed E-state index contributed by atoms with van der Waals surface area (Å²) in [6, 6.07) is 0. The summed E-state index contributed by atoms with van der Waals surface area (Å²) in [6.45, 7) is 6.79. The topological polar surface area (TPSA) is 328 Å². The van der Waals surface area contributed by atoms with Crippen LogP contribution in [0, 0.1) is 52.3 Å². The number of aliphatic hydroxyl groups is 13. The molecule has 8 aliphatic rings. The minimum Gasteiger partial charge on any atom is -0.394 e. The first kappa shape index (κ1) is 50.6. The van der Waals surface area contributed by atoms with Crippen LogP contribution in [-0.4, -0.2) is 209 Å². The summed E-state index contributed by atoms with van der Waals surface area (Å²) in [4.78, 5) is 0. The predicted molar refractivity (Wildman–Crippen MR) is 220 cm³/mol. The van der Waals surface area contributed by atoms with Gasteiger partial charge in [-0.2, -0.15) is 0 Å². The second kappa shape index (κ2) is 19.4. The molecule has 8 fully saturated rings. The molecule has 12 unspecified atom stereocenters. The molecule has 376 valence electrons. The van der Waals surface area contributed by atoms with E-state index < -0.39 is 130 Å². The van der Waals surface area contributed by atoms with Crippen molar-refractivity contribution >= 4 is 0 Å². The molecule has 28 atom stereocenters. The van der Waals surface area contributed by atoms with Gasteiger partial charge in [-0.25, -0.2) is 0 Å². The van der Waals surface area contributed by atoms with Crippen molar-refractivity contribution in [2.24, 2.45) is 52.3 Å². The summed E-state index contributed by atoms with van der Waals surface area (Å²) in [5.74, 6) is -0.119. The number of ether oxygens (including phenoxy) is 7. The molecule has 0 bridgehead atoms. The van der Waals surface area contributed by atoms with Crippen LogP contribution in [0.4, 0.5) is 0 Å². The molecule has 4 heterocycles. The van der Waals surface area contributed by atoms with Gasteiger partial charge in [0.05, 0.1) is 44.7 Å². The Labute approximate surface area is 379 Å². The second-order valence-corrected chi connectivity index (χ2v) is 21.6. The van der Waals surface area contributed by atoms with Gasteiger partial charge in [0.1, 0.15) is 73.2 Å². The standard InChI is InChI=1S/C45H76O20/c1-18(17-59-40-35(56)33(54)37(62-40)25(50)14-46)7-10-45(58)19(2)30-28(65-45)12-23-21-6-5-20-11-27(24(49)13-44(20,4)22(21)8-9-43(23,30)3)60-42-39(36(57)38(63-42)26(51)15-47)64-41-34(55)32(53)31(52)29(16-48)61-41/h18-42,46-58H,5-17H2,1-4H3/t18-,19?,20?,21?,22?,23?,24-,25?,26?,27+,28?,29+,30?,31+,32-,33+,34+,35+,36-,37+,38-,39+,40+,41-,42+,43?,44?,45?/m0/s1. The summed E-state index contributed by atoms with van der Waals surface area (Å²) in [5, 5.41) is 136. The molecule has 0 aromatic carbocycles. The van der Waals surface area contributed by atoms with Crippen LogP contribution in [-0.2, 0) is 33.2 Å². The molecule has 0 radical (unpaired) electrons. The van der Waals surface area contributed by atoms with Gasteiger partial charge < -0.3 is 99.5 Å². The van der Waals surface area contributed by atoms with E-state index in [0.29, 0.717) is 43.4 Å². The van der Waals surface area contributed by atoms with Crippen LogP contribution >= 0.6 is 0 Å². The van der Waals surface area contributed by atoms with Crippen LogP contribution in [0.5, 0.6) is 0 Å². The van der Waals surface area contributed by atoms with Gasteiger partial charge >= 0.3 is 0 Å². The molecule has 4 saturated carbocycles. The Hall–Kier alpha value is -0.800. The van der Waals surface area contributed by atoms with Crippen LogP contribution < -0.4 is 0 Å². The van der Waals surface area contributed by atoms with Crippen LogP contribution in [0.2, 0.25) is 0 Å². The fourth-order valence-corrected chi connectivity index (χ4v) is 14.3. The van der Waals surface area contributed by atoms with Crippen molar-refractivity contribution in [3.63, 3.8) is 0 Å². The lowest BCUT2D eigenvalue weighted by Crippen LogP contribution is -2.61. The van der Waals surface area contributed by atoms with Crippen LogP contribution in [0.25, 0.3) is 0 Å². The van der Waals surface area contributed by atoms with E-state index in [1.165, 1.54) is 0 Å². The highest BCUT2D eigenvalue weighted by atomic mass is 16.8. The van der Waals surface area contributed by atoms with Gasteiger partial charge in [-0.15, -0.1) is 0 Å². The molecule has 8 rings (SSSR count). The van der Waals surface area contributed by atoms with Crippen molar-refractivity contribution < 1.29 is 99.5 Å². The van der Waals surface area contributed by atoms with Gasteiger partial charge in [0.25, 0.3) is 0 Å². The van der Waals surface area contributed by atoms with E-state index >= 15 is 0 Å². The Balaban J connectivity index is 0.879. The Bertz CT molecular complexity index is 1600. The Kier molecular flexibility index (Phi) is 15.1. The molecule has 0 aromatic rings. The van der Waals surface area contributed by atoms with Gasteiger partial charge in [0.2, 0.25) is 0 Å². The largest absolute Gasteiger partial charge is 0.394 e. The lowest BCUT2D eigenvalue weighted by molar-refractivity contribution is -0.331. The maximum atomic E-state index is 12.1. The number of hydrogen-bond donors (Lipinski definition) is 13. The monoisotopic (exact) mass is 936 g/mol. The van der Waals surface area contributed by atoms with Gasteiger partial charge in [-0.05, 0) is 97.7 Å². The van der Waals surface area contributed by atoms with E-state index in [1.54, 1.807) is 0 Å². The smallest absolute Gasteiger partial charge is 0.187 e. The maximum Gasteiger partial charge on any atom is 0.187 e. The molecule has 20 heteroatoms. The lowest BCUT2D eigenvalue weighted by atomic mass is 9.44. The highest BCUT2D eigenvalue weighted by Gasteiger charge is 2.69. The normalized spacial score (nSPS) is 54.4. The quantitative estimate of drug-likeness (QED) is 0.0788. The Morgan fingerprint density at radius 2 is 1.37 bits per heavy atom. The van der Waals surface area contributed by atoms with Gasteiger partial charge in [0, 0.05) is 12.3 Å². The zero-order valence-corrected chi connectivity index (χ0v) is 37.8. The summed E-state index contributed by atoms with van der Waals surface area (Å²) in [6.07, 6.45) is -17.2. The fourth-order valence-electron chi connectivity index (χ4n) is 14.3. The molecule has 4 aliphatic carbocycles. The zero-order valence-electron chi connectivity index (χ0n) is 37.8. The molecule has 65 heavy (non-hydrogen) atoms. The first-order chi connectivity index (χ1) is 30.7. The number of hydrogen-bond acceptors (Lipinski definition) is 20. The maximum absolute atomic E-state index is 12.1. The summed E-state index contributed by atoms with van der Waals surface area (Å²) < 4.78 is 41.7. The molecular weight excluding hydrogens is 860 g/mol. The van der Waals surface area contributed by atoms with Crippen LogP contribution in [0.1, 0.15) is 85.5 Å². The third-order valence-electron chi connectivity index (χ3n) is 18.0. The molecule has 4 saturated heterocycles. The van der Waals surface area contributed by atoms with Gasteiger partial charge in [0.15, 0.2) is 24.7 Å². The molecule has 0 spiro atoms. The summed E-state index contributed by atoms with van der Waals surface area (Å²) in [7, 11) is 0. The number of fused-ring (bicyclic) bond motifs is 7. The Morgan fingerprint density at radius 3 is 2.05 bits per heavy atom. The van der Waals surface area contributed by atoms with E-state index in [0.717, 1.165) is 32.1 Å². The predicted octanol–water partition coefficient (Wildman–Crippen LogP) is -2.81. The molecule has 4 aliphatic heterocycles. The van der Waals surface area contributed by atoms with Crippen molar-refractivity contribution in [1.29, 1.82) is 0 Å². The van der Waals surface area contributed by atoms with E-state index in [-0.39, 0.29) is 47.2 Å². The van der Waals surface area contributed by atoms with Gasteiger partial charge in [-0.3, -0.25) is 0 Å². The number of rotatable bonds is 15. The third-order valence-corrected chi connectivity index (χ3v) is 18.0. The highest BCUT2D eigenvalue weighted by Crippen LogP contribution is 2.71. The molecule has 13 N–H and O–H groups in total. The number of aliphatic hydroxyl groups excluding tert-OH is 12. The molecular formula is C45H76O20. The highest BCUT2D eigenvalue weighted by molar-refractivity contribution is 5.15. The van der Waals surface area contributed by atoms with E-state index in [1.807, 2.05) is 6.92 Å². The van der Waals surface area contributed by atoms with Crippen molar-refractivity contribution in [3.8, 4) is 0 Å². The Morgan fingerprint density at radius 1 is 0.708 bits per heavy atom. The average molecular weight is 937 g/mol. The molecule has 0 amide bonds. The minimum absolute atomic E-state index is 0.0600. The van der Waals surface area contributed by atoms with E-state index in [9.17, 15) is 66.4 Å². The first-order valence-electron chi connectivity index (χ1n) is 23.9. The first-order valence-corrected chi connectivity index (χ1v) is 23.9.